The van der Waals surface area contributed by atoms with Gasteiger partial charge in [-0.15, -0.1) is 0 Å². The molecule has 0 bridgehead atoms. The molecular formula is C17H14F3N3O3. The van der Waals surface area contributed by atoms with Gasteiger partial charge in [-0.25, -0.2) is 0 Å². The molecule has 2 aliphatic heterocycles. The summed E-state index contributed by atoms with van der Waals surface area (Å²) in [6, 6.07) is 6.18. The van der Waals surface area contributed by atoms with Crippen LogP contribution in [0.4, 0.5) is 18.9 Å². The summed E-state index contributed by atoms with van der Waals surface area (Å²) >= 11 is 0. The highest BCUT2D eigenvalue weighted by atomic mass is 19.4. The van der Waals surface area contributed by atoms with Crippen molar-refractivity contribution in [3.63, 3.8) is 0 Å². The molecule has 26 heavy (non-hydrogen) atoms. The van der Waals surface area contributed by atoms with E-state index in [1.807, 2.05) is 6.07 Å². The van der Waals surface area contributed by atoms with Crippen LogP contribution in [-0.4, -0.2) is 35.7 Å². The quantitative estimate of drug-likeness (QED) is 0.871. The number of benzene rings is 1. The lowest BCUT2D eigenvalue weighted by Gasteiger charge is -2.35. The third-order valence-electron chi connectivity index (χ3n) is 4.14. The minimum absolute atomic E-state index is 0.0209. The highest BCUT2D eigenvalue weighted by Crippen LogP contribution is 2.41. The van der Waals surface area contributed by atoms with Gasteiger partial charge in [0.25, 0.3) is 0 Å². The molecular weight excluding hydrogens is 351 g/mol. The Bertz CT molecular complexity index is 868. The number of aliphatic imine (C=N–C) groups is 1. The maximum absolute atomic E-state index is 13.8. The number of carbonyl (C=O) groups is 1. The van der Waals surface area contributed by atoms with Gasteiger partial charge in [-0.1, -0.05) is 0 Å². The molecule has 0 fully saturated rings. The predicted octanol–water partition coefficient (Wildman–Crippen LogP) is 2.99. The first-order valence-electron chi connectivity index (χ1n) is 7.70. The van der Waals surface area contributed by atoms with E-state index < -0.39 is 30.4 Å². The molecule has 0 unspecified atom stereocenters. The van der Waals surface area contributed by atoms with Crippen molar-refractivity contribution in [3.05, 3.63) is 40.6 Å². The molecule has 1 aromatic rings. The number of hydrogen-bond donors (Lipinski definition) is 1. The van der Waals surface area contributed by atoms with Gasteiger partial charge >= 0.3 is 12.1 Å². The van der Waals surface area contributed by atoms with Crippen molar-refractivity contribution in [1.82, 2.24) is 0 Å². The van der Waals surface area contributed by atoms with E-state index in [9.17, 15) is 18.0 Å². The number of nitriles is 1. The minimum atomic E-state index is -4.66. The Morgan fingerprint density at radius 3 is 2.85 bits per heavy atom. The number of anilines is 1. The van der Waals surface area contributed by atoms with Gasteiger partial charge in [0.15, 0.2) is 0 Å². The number of carboxylic acids is 1. The average molecular weight is 365 g/mol. The maximum atomic E-state index is 13.8. The van der Waals surface area contributed by atoms with Gasteiger partial charge in [0.2, 0.25) is 0 Å². The Balaban J connectivity index is 2.21. The van der Waals surface area contributed by atoms with Crippen LogP contribution in [0.3, 0.4) is 0 Å². The van der Waals surface area contributed by atoms with Crippen molar-refractivity contribution in [2.45, 2.75) is 32.2 Å². The standard InChI is InChI=1S/C17H14F3N3O3/c1-9-7-22-16-13(5-14(24)25)26-8-11-4-10(6-21)2-3-12(11)23(16)15(9)17(18,19)20/h2-4,13H,5,7-8H2,1H3,(H,24,25)/t13-/m0/s1. The molecule has 3 rings (SSSR count). The Hall–Kier alpha value is -2.86. The van der Waals surface area contributed by atoms with Crippen LogP contribution < -0.4 is 4.90 Å². The number of ether oxygens (including phenoxy) is 1. The number of rotatable bonds is 2. The lowest BCUT2D eigenvalue weighted by atomic mass is 10.0. The zero-order valence-electron chi connectivity index (χ0n) is 13.7. The van der Waals surface area contributed by atoms with Crippen molar-refractivity contribution in [3.8, 4) is 6.07 Å². The molecule has 0 saturated carbocycles. The van der Waals surface area contributed by atoms with Crippen molar-refractivity contribution < 1.29 is 27.8 Å². The van der Waals surface area contributed by atoms with Crippen LogP contribution in [0.25, 0.3) is 0 Å². The van der Waals surface area contributed by atoms with Gasteiger partial charge in [0, 0.05) is 5.56 Å². The third kappa shape index (κ3) is 3.15. The molecule has 2 aliphatic rings. The number of amidine groups is 1. The van der Waals surface area contributed by atoms with Crippen LogP contribution in [0, 0.1) is 11.3 Å². The zero-order valence-corrected chi connectivity index (χ0v) is 13.7. The molecule has 136 valence electrons. The maximum Gasteiger partial charge on any atom is 0.431 e. The fourth-order valence-corrected chi connectivity index (χ4v) is 3.07. The molecule has 1 atom stereocenters. The summed E-state index contributed by atoms with van der Waals surface area (Å²) in [5.74, 6) is -1.30. The summed E-state index contributed by atoms with van der Waals surface area (Å²) in [7, 11) is 0. The molecule has 0 saturated heterocycles. The summed E-state index contributed by atoms with van der Waals surface area (Å²) in [5.41, 5.74) is -0.0567. The second-order valence-electron chi connectivity index (χ2n) is 5.99. The first-order chi connectivity index (χ1) is 12.2. The predicted molar refractivity (Wildman–Crippen MR) is 85.5 cm³/mol. The number of alkyl halides is 3. The van der Waals surface area contributed by atoms with Crippen LogP contribution in [-0.2, 0) is 16.1 Å². The molecule has 0 spiro atoms. The number of aliphatic carboxylic acids is 1. The summed E-state index contributed by atoms with van der Waals surface area (Å²) in [6.07, 6.45) is -6.30. The van der Waals surface area contributed by atoms with E-state index in [0.717, 1.165) is 4.90 Å². The summed E-state index contributed by atoms with van der Waals surface area (Å²) in [6.45, 7) is 1.03. The Kier molecular flexibility index (Phi) is 4.46. The minimum Gasteiger partial charge on any atom is -0.481 e. The highest BCUT2D eigenvalue weighted by molar-refractivity contribution is 6.06. The molecule has 6 nitrogen and oxygen atoms in total. The fourth-order valence-electron chi connectivity index (χ4n) is 3.07. The molecule has 1 N–H and O–H groups in total. The second kappa shape index (κ2) is 6.46. The van der Waals surface area contributed by atoms with E-state index in [1.165, 1.54) is 25.1 Å². The van der Waals surface area contributed by atoms with Crippen LogP contribution >= 0.6 is 0 Å². The van der Waals surface area contributed by atoms with Crippen LogP contribution in [0.1, 0.15) is 24.5 Å². The van der Waals surface area contributed by atoms with E-state index in [4.69, 9.17) is 15.1 Å². The Morgan fingerprint density at radius 2 is 2.23 bits per heavy atom. The number of hydrogen-bond acceptors (Lipinski definition) is 5. The van der Waals surface area contributed by atoms with Gasteiger partial charge in [-0.05, 0) is 30.7 Å². The van der Waals surface area contributed by atoms with Gasteiger partial charge in [-0.3, -0.25) is 14.7 Å². The van der Waals surface area contributed by atoms with Crippen molar-refractivity contribution in [1.29, 1.82) is 5.26 Å². The number of nitrogens with zero attached hydrogens (tertiary/aromatic N) is 3. The first-order valence-corrected chi connectivity index (χ1v) is 7.70. The number of halogens is 3. The lowest BCUT2D eigenvalue weighted by molar-refractivity contribution is -0.139. The number of fused-ring (bicyclic) bond motifs is 3. The SMILES string of the molecule is CC1=C(C(F)(F)F)N2C(=NC1)[C@H](CC(=O)O)OCc1cc(C#N)ccc12. The highest BCUT2D eigenvalue weighted by Gasteiger charge is 2.46. The van der Waals surface area contributed by atoms with Gasteiger partial charge in [-0.2, -0.15) is 18.4 Å². The lowest BCUT2D eigenvalue weighted by Crippen LogP contribution is -2.46. The van der Waals surface area contributed by atoms with E-state index >= 15 is 0 Å². The molecule has 9 heteroatoms. The van der Waals surface area contributed by atoms with Crippen LogP contribution in [0.5, 0.6) is 0 Å². The molecule has 0 amide bonds. The summed E-state index contributed by atoms with van der Waals surface area (Å²) in [4.78, 5) is 16.2. The molecule has 0 aliphatic carbocycles. The summed E-state index contributed by atoms with van der Waals surface area (Å²) in [5, 5.41) is 18.1. The van der Waals surface area contributed by atoms with E-state index in [1.54, 1.807) is 0 Å². The molecule has 0 radical (unpaired) electrons. The fraction of sp³-hybridized carbons (Fsp3) is 0.353. The zero-order chi connectivity index (χ0) is 19.1. The van der Waals surface area contributed by atoms with E-state index in [2.05, 4.69) is 4.99 Å². The topological polar surface area (TPSA) is 85.9 Å². The summed E-state index contributed by atoms with van der Waals surface area (Å²) < 4.78 is 46.8. The first kappa shape index (κ1) is 17.9. The molecule has 2 heterocycles. The van der Waals surface area contributed by atoms with E-state index in [-0.39, 0.29) is 35.8 Å². The molecule has 1 aromatic carbocycles. The largest absolute Gasteiger partial charge is 0.481 e. The van der Waals surface area contributed by atoms with Crippen molar-refractivity contribution in [2.75, 3.05) is 11.4 Å². The number of allylic oxidation sites excluding steroid dienone is 1. The van der Waals surface area contributed by atoms with Crippen LogP contribution in [0.15, 0.2) is 34.5 Å². The van der Waals surface area contributed by atoms with Crippen LogP contribution in [0.2, 0.25) is 0 Å². The average Bonchev–Trinajstić information content (AvgIpc) is 2.70. The van der Waals surface area contributed by atoms with Gasteiger partial charge in [0.05, 0.1) is 36.9 Å². The Labute approximate surface area is 146 Å². The monoisotopic (exact) mass is 365 g/mol. The number of carboxylic acid groups (broad SMARTS) is 1. The van der Waals surface area contributed by atoms with Crippen molar-refractivity contribution in [2.24, 2.45) is 4.99 Å². The molecule has 0 aromatic heterocycles. The Morgan fingerprint density at radius 1 is 1.50 bits per heavy atom. The normalized spacial score (nSPS) is 19.9. The van der Waals surface area contributed by atoms with Crippen molar-refractivity contribution >= 4 is 17.5 Å². The second-order valence-corrected chi connectivity index (χ2v) is 5.99. The van der Waals surface area contributed by atoms with Gasteiger partial charge < -0.3 is 9.84 Å². The van der Waals surface area contributed by atoms with E-state index in [0.29, 0.717) is 5.56 Å². The van der Waals surface area contributed by atoms with Gasteiger partial charge in [0.1, 0.15) is 17.6 Å². The smallest absolute Gasteiger partial charge is 0.431 e. The third-order valence-corrected chi connectivity index (χ3v) is 4.14.